The number of carbonyl (C=O) groups is 1. The van der Waals surface area contributed by atoms with Crippen molar-refractivity contribution in [2.24, 2.45) is 0 Å². The summed E-state index contributed by atoms with van der Waals surface area (Å²) >= 11 is 5.49. The van der Waals surface area contributed by atoms with E-state index in [0.717, 1.165) is 31.4 Å². The van der Waals surface area contributed by atoms with Crippen molar-refractivity contribution in [3.63, 3.8) is 0 Å². The molecule has 1 aliphatic rings. The standard InChI is InChI=1S/C15H18ClF2NO2S/c1-2-22(21)12-6-4-3-5-11(12)19-15(20)9-7-8-10(17)13(16)14(9)18/h7-8,11-12H,2-6H2,1H3,(H,19,20)/t11-,12-,22+/m0/s1. The lowest BCUT2D eigenvalue weighted by molar-refractivity contribution is 0.0925. The van der Waals surface area contributed by atoms with Crippen LogP contribution in [0.25, 0.3) is 0 Å². The number of rotatable bonds is 4. The Morgan fingerprint density at radius 1 is 1.36 bits per heavy atom. The van der Waals surface area contributed by atoms with Crippen molar-refractivity contribution in [2.45, 2.75) is 43.9 Å². The van der Waals surface area contributed by atoms with Gasteiger partial charge >= 0.3 is 0 Å². The lowest BCUT2D eigenvalue weighted by Gasteiger charge is -2.31. The predicted octanol–water partition coefficient (Wildman–Crippen LogP) is 3.43. The molecule has 0 saturated heterocycles. The van der Waals surface area contributed by atoms with Crippen LogP contribution < -0.4 is 5.32 Å². The number of nitrogens with one attached hydrogen (secondary N) is 1. The first kappa shape index (κ1) is 17.3. The van der Waals surface area contributed by atoms with Crippen molar-refractivity contribution in [1.29, 1.82) is 0 Å². The van der Waals surface area contributed by atoms with Crippen LogP contribution >= 0.6 is 11.6 Å². The van der Waals surface area contributed by atoms with Gasteiger partial charge in [0, 0.05) is 22.6 Å². The molecule has 1 N–H and O–H groups in total. The Balaban J connectivity index is 2.17. The van der Waals surface area contributed by atoms with E-state index in [1.807, 2.05) is 6.92 Å². The smallest absolute Gasteiger partial charge is 0.254 e. The third-order valence-electron chi connectivity index (χ3n) is 3.92. The minimum atomic E-state index is -1.07. The number of halogens is 3. The van der Waals surface area contributed by atoms with E-state index in [2.05, 4.69) is 5.32 Å². The molecule has 0 aliphatic heterocycles. The van der Waals surface area contributed by atoms with Crippen LogP contribution in [0, 0.1) is 11.6 Å². The highest BCUT2D eigenvalue weighted by atomic mass is 35.5. The Morgan fingerprint density at radius 2 is 2.05 bits per heavy atom. The maximum Gasteiger partial charge on any atom is 0.254 e. The maximum atomic E-state index is 13.9. The van der Waals surface area contributed by atoms with E-state index in [1.54, 1.807) is 0 Å². The molecule has 0 unspecified atom stereocenters. The molecular weight excluding hydrogens is 332 g/mol. The molecule has 0 bridgehead atoms. The van der Waals surface area contributed by atoms with Crippen molar-refractivity contribution in [1.82, 2.24) is 5.32 Å². The lowest BCUT2D eigenvalue weighted by atomic mass is 9.94. The van der Waals surface area contributed by atoms with E-state index >= 15 is 0 Å². The third-order valence-corrected chi connectivity index (χ3v) is 6.08. The second-order valence-electron chi connectivity index (χ2n) is 5.30. The molecule has 122 valence electrons. The van der Waals surface area contributed by atoms with Gasteiger partial charge in [-0.15, -0.1) is 0 Å². The summed E-state index contributed by atoms with van der Waals surface area (Å²) in [5, 5.41) is 1.92. The molecule has 0 spiro atoms. The van der Waals surface area contributed by atoms with Gasteiger partial charge in [0.05, 0.1) is 10.8 Å². The summed E-state index contributed by atoms with van der Waals surface area (Å²) in [5.74, 6) is -2.10. The summed E-state index contributed by atoms with van der Waals surface area (Å²) in [6.45, 7) is 1.84. The van der Waals surface area contributed by atoms with Gasteiger partial charge in [-0.25, -0.2) is 8.78 Å². The molecule has 0 heterocycles. The highest BCUT2D eigenvalue weighted by Crippen LogP contribution is 2.25. The number of carbonyl (C=O) groups excluding carboxylic acids is 1. The van der Waals surface area contributed by atoms with E-state index in [1.165, 1.54) is 0 Å². The van der Waals surface area contributed by atoms with Crippen LogP contribution in [0.5, 0.6) is 0 Å². The van der Waals surface area contributed by atoms with E-state index < -0.39 is 33.4 Å². The minimum absolute atomic E-state index is 0.123. The highest BCUT2D eigenvalue weighted by Gasteiger charge is 2.31. The first-order chi connectivity index (χ1) is 10.5. The van der Waals surface area contributed by atoms with Crippen molar-refractivity contribution in [3.8, 4) is 0 Å². The molecule has 1 aromatic rings. The molecule has 1 aromatic carbocycles. The van der Waals surface area contributed by atoms with Gasteiger partial charge in [-0.3, -0.25) is 9.00 Å². The summed E-state index contributed by atoms with van der Waals surface area (Å²) in [4.78, 5) is 12.2. The average Bonchev–Trinajstić information content (AvgIpc) is 2.52. The van der Waals surface area contributed by atoms with Crippen LogP contribution in [0.1, 0.15) is 43.0 Å². The fourth-order valence-corrected chi connectivity index (χ4v) is 4.33. The monoisotopic (exact) mass is 349 g/mol. The summed E-state index contributed by atoms with van der Waals surface area (Å²) < 4.78 is 39.1. The molecule has 3 atom stereocenters. The zero-order valence-corrected chi connectivity index (χ0v) is 13.8. The number of hydrogen-bond donors (Lipinski definition) is 1. The molecule has 1 aliphatic carbocycles. The number of benzene rings is 1. The molecular formula is C15H18ClF2NO2S. The van der Waals surface area contributed by atoms with E-state index in [4.69, 9.17) is 11.6 Å². The van der Waals surface area contributed by atoms with E-state index in [9.17, 15) is 17.8 Å². The molecule has 0 radical (unpaired) electrons. The number of hydrogen-bond acceptors (Lipinski definition) is 2. The summed E-state index contributed by atoms with van der Waals surface area (Å²) in [6.07, 6.45) is 3.38. The van der Waals surface area contributed by atoms with Gasteiger partial charge in [0.2, 0.25) is 0 Å². The van der Waals surface area contributed by atoms with Crippen LogP contribution in [0.4, 0.5) is 8.78 Å². The summed E-state index contributed by atoms with van der Waals surface area (Å²) in [7, 11) is -1.02. The Morgan fingerprint density at radius 3 is 2.73 bits per heavy atom. The van der Waals surface area contributed by atoms with Gasteiger partial charge < -0.3 is 5.32 Å². The van der Waals surface area contributed by atoms with Crippen LogP contribution in [0.3, 0.4) is 0 Å². The van der Waals surface area contributed by atoms with Crippen LogP contribution in [0.15, 0.2) is 12.1 Å². The Labute approximate surface area is 135 Å². The number of amides is 1. The quantitative estimate of drug-likeness (QED) is 0.846. The molecule has 22 heavy (non-hydrogen) atoms. The second-order valence-corrected chi connectivity index (χ2v) is 7.62. The van der Waals surface area contributed by atoms with Gasteiger partial charge in [-0.05, 0) is 25.0 Å². The SMILES string of the molecule is CC[S@@](=O)[C@H]1CCCC[C@@H]1NC(=O)c1ccc(F)c(Cl)c1F. The molecule has 0 aromatic heterocycles. The van der Waals surface area contributed by atoms with E-state index in [-0.39, 0.29) is 16.9 Å². The largest absolute Gasteiger partial charge is 0.348 e. The van der Waals surface area contributed by atoms with Gasteiger partial charge in [0.1, 0.15) is 10.8 Å². The minimum Gasteiger partial charge on any atom is -0.348 e. The van der Waals surface area contributed by atoms with Gasteiger partial charge in [0.15, 0.2) is 5.82 Å². The fraction of sp³-hybridized carbons (Fsp3) is 0.533. The second kappa shape index (κ2) is 7.51. The van der Waals surface area contributed by atoms with Crippen molar-refractivity contribution < 1.29 is 17.8 Å². The Hall–Kier alpha value is -1.01. The van der Waals surface area contributed by atoms with Gasteiger partial charge in [-0.2, -0.15) is 0 Å². The van der Waals surface area contributed by atoms with Crippen molar-refractivity contribution in [3.05, 3.63) is 34.4 Å². The fourth-order valence-electron chi connectivity index (χ4n) is 2.74. The first-order valence-electron chi connectivity index (χ1n) is 7.27. The lowest BCUT2D eigenvalue weighted by Crippen LogP contribution is -2.47. The molecule has 2 rings (SSSR count). The zero-order chi connectivity index (χ0) is 16.3. The predicted molar refractivity (Wildman–Crippen MR) is 83.6 cm³/mol. The maximum absolute atomic E-state index is 13.9. The van der Waals surface area contributed by atoms with Crippen molar-refractivity contribution >= 4 is 28.3 Å². The third kappa shape index (κ3) is 3.66. The molecule has 1 fully saturated rings. The summed E-state index contributed by atoms with van der Waals surface area (Å²) in [5.41, 5.74) is -0.294. The Kier molecular flexibility index (Phi) is 5.92. The van der Waals surface area contributed by atoms with Crippen LogP contribution in [0.2, 0.25) is 5.02 Å². The van der Waals surface area contributed by atoms with Crippen LogP contribution in [-0.2, 0) is 10.8 Å². The van der Waals surface area contributed by atoms with E-state index in [0.29, 0.717) is 12.2 Å². The molecule has 3 nitrogen and oxygen atoms in total. The van der Waals surface area contributed by atoms with Crippen molar-refractivity contribution in [2.75, 3.05) is 5.75 Å². The van der Waals surface area contributed by atoms with Gasteiger partial charge in [-0.1, -0.05) is 31.4 Å². The molecule has 7 heteroatoms. The average molecular weight is 350 g/mol. The highest BCUT2D eigenvalue weighted by molar-refractivity contribution is 7.85. The summed E-state index contributed by atoms with van der Waals surface area (Å²) in [6, 6.07) is 1.77. The van der Waals surface area contributed by atoms with Gasteiger partial charge in [0.25, 0.3) is 5.91 Å². The molecule has 1 amide bonds. The zero-order valence-electron chi connectivity index (χ0n) is 12.2. The molecule has 1 saturated carbocycles. The first-order valence-corrected chi connectivity index (χ1v) is 9.03. The topological polar surface area (TPSA) is 46.2 Å². The Bertz CT molecular complexity index is 597. The van der Waals surface area contributed by atoms with Crippen LogP contribution in [-0.4, -0.2) is 27.2 Å². The normalized spacial score (nSPS) is 23.1.